The zero-order chi connectivity index (χ0) is 13.7. The number of amides is 1. The van der Waals surface area contributed by atoms with Gasteiger partial charge in [-0.05, 0) is 29.8 Å². The fourth-order valence-electron chi connectivity index (χ4n) is 1.52. The third-order valence-electron chi connectivity index (χ3n) is 2.43. The fraction of sp³-hybridized carbons (Fsp3) is 0. The minimum atomic E-state index is -0.411. The SMILES string of the molecule is Nc1ccccc1C(=O)N/N=C\c1cccc(F)c1. The maximum Gasteiger partial charge on any atom is 0.273 e. The third-order valence-corrected chi connectivity index (χ3v) is 2.43. The normalized spacial score (nSPS) is 10.6. The lowest BCUT2D eigenvalue weighted by atomic mass is 10.2. The molecule has 3 N–H and O–H groups in total. The number of nitrogens with two attached hydrogens (primary N) is 1. The van der Waals surface area contributed by atoms with Crippen molar-refractivity contribution in [2.75, 3.05) is 5.73 Å². The van der Waals surface area contributed by atoms with Crippen LogP contribution >= 0.6 is 0 Å². The summed E-state index contributed by atoms with van der Waals surface area (Å²) < 4.78 is 12.9. The molecule has 0 unspecified atom stereocenters. The average molecular weight is 257 g/mol. The lowest BCUT2D eigenvalue weighted by Crippen LogP contribution is -2.18. The van der Waals surface area contributed by atoms with Crippen LogP contribution in [0.25, 0.3) is 0 Å². The zero-order valence-corrected chi connectivity index (χ0v) is 10.0. The highest BCUT2D eigenvalue weighted by molar-refractivity contribution is 5.99. The summed E-state index contributed by atoms with van der Waals surface area (Å²) in [6.07, 6.45) is 1.36. The lowest BCUT2D eigenvalue weighted by Gasteiger charge is -2.02. The minimum Gasteiger partial charge on any atom is -0.398 e. The highest BCUT2D eigenvalue weighted by Crippen LogP contribution is 2.09. The van der Waals surface area contributed by atoms with Crippen LogP contribution in [0.2, 0.25) is 0 Å². The van der Waals surface area contributed by atoms with E-state index >= 15 is 0 Å². The quantitative estimate of drug-likeness (QED) is 0.502. The van der Waals surface area contributed by atoms with Gasteiger partial charge in [0, 0.05) is 5.69 Å². The Bertz CT molecular complexity index is 626. The minimum absolute atomic E-state index is 0.346. The Kier molecular flexibility index (Phi) is 3.87. The number of hydrogen-bond acceptors (Lipinski definition) is 3. The van der Waals surface area contributed by atoms with Crippen molar-refractivity contribution in [2.45, 2.75) is 0 Å². The van der Waals surface area contributed by atoms with E-state index in [0.717, 1.165) is 0 Å². The van der Waals surface area contributed by atoms with Gasteiger partial charge in [0.1, 0.15) is 5.82 Å². The molecule has 0 spiro atoms. The topological polar surface area (TPSA) is 67.5 Å². The van der Waals surface area contributed by atoms with Gasteiger partial charge in [-0.2, -0.15) is 5.10 Å². The molecule has 1 amide bonds. The third kappa shape index (κ3) is 3.38. The molecule has 2 aromatic rings. The van der Waals surface area contributed by atoms with Crippen molar-refractivity contribution in [3.8, 4) is 0 Å². The maximum absolute atomic E-state index is 12.9. The van der Waals surface area contributed by atoms with Crippen LogP contribution < -0.4 is 11.2 Å². The van der Waals surface area contributed by atoms with E-state index in [1.807, 2.05) is 0 Å². The molecule has 0 aliphatic carbocycles. The van der Waals surface area contributed by atoms with Crippen LogP contribution in [0.3, 0.4) is 0 Å². The van der Waals surface area contributed by atoms with Crippen LogP contribution in [0.4, 0.5) is 10.1 Å². The summed E-state index contributed by atoms with van der Waals surface area (Å²) in [6.45, 7) is 0. The molecule has 0 heterocycles. The summed E-state index contributed by atoms with van der Waals surface area (Å²) >= 11 is 0. The molecule has 96 valence electrons. The van der Waals surface area contributed by atoms with Crippen molar-refractivity contribution >= 4 is 17.8 Å². The molecule has 0 aliphatic heterocycles. The number of carbonyl (C=O) groups is 1. The van der Waals surface area contributed by atoms with Crippen LogP contribution in [0.5, 0.6) is 0 Å². The molecular weight excluding hydrogens is 245 g/mol. The largest absolute Gasteiger partial charge is 0.398 e. The van der Waals surface area contributed by atoms with Gasteiger partial charge in [-0.15, -0.1) is 0 Å². The Morgan fingerprint density at radius 2 is 2.00 bits per heavy atom. The molecule has 0 aliphatic rings. The monoisotopic (exact) mass is 257 g/mol. The van der Waals surface area contributed by atoms with Gasteiger partial charge in [-0.3, -0.25) is 4.79 Å². The number of rotatable bonds is 3. The van der Waals surface area contributed by atoms with Gasteiger partial charge in [0.15, 0.2) is 0 Å². The Morgan fingerprint density at radius 3 is 2.74 bits per heavy atom. The van der Waals surface area contributed by atoms with Crippen molar-refractivity contribution in [3.05, 3.63) is 65.5 Å². The predicted molar refractivity (Wildman–Crippen MR) is 72.3 cm³/mol. The zero-order valence-electron chi connectivity index (χ0n) is 10.0. The molecule has 0 aromatic heterocycles. The van der Waals surface area contributed by atoms with E-state index in [-0.39, 0.29) is 5.82 Å². The Balaban J connectivity index is 2.03. The number of anilines is 1. The summed E-state index contributed by atoms with van der Waals surface area (Å²) in [7, 11) is 0. The number of para-hydroxylation sites is 1. The summed E-state index contributed by atoms with van der Waals surface area (Å²) in [6, 6.07) is 12.6. The van der Waals surface area contributed by atoms with E-state index in [0.29, 0.717) is 16.8 Å². The number of hydrogen-bond donors (Lipinski definition) is 2. The van der Waals surface area contributed by atoms with Crippen LogP contribution in [0, 0.1) is 5.82 Å². The average Bonchev–Trinajstić information content (AvgIpc) is 2.39. The summed E-state index contributed by atoms with van der Waals surface area (Å²) in [4.78, 5) is 11.7. The molecule has 0 saturated carbocycles. The van der Waals surface area contributed by atoms with Gasteiger partial charge < -0.3 is 5.73 Å². The first-order valence-electron chi connectivity index (χ1n) is 5.60. The van der Waals surface area contributed by atoms with E-state index < -0.39 is 5.91 Å². The van der Waals surface area contributed by atoms with Gasteiger partial charge in [-0.1, -0.05) is 24.3 Å². The van der Waals surface area contributed by atoms with E-state index in [9.17, 15) is 9.18 Å². The van der Waals surface area contributed by atoms with E-state index in [4.69, 9.17) is 5.73 Å². The predicted octanol–water partition coefficient (Wildman–Crippen LogP) is 2.17. The van der Waals surface area contributed by atoms with Crippen LogP contribution in [-0.4, -0.2) is 12.1 Å². The van der Waals surface area contributed by atoms with Gasteiger partial charge in [0.05, 0.1) is 11.8 Å². The molecule has 2 aromatic carbocycles. The smallest absolute Gasteiger partial charge is 0.273 e. The standard InChI is InChI=1S/C14H12FN3O/c15-11-5-3-4-10(8-11)9-17-18-14(19)12-6-1-2-7-13(12)16/h1-9H,16H2,(H,18,19)/b17-9-. The summed E-state index contributed by atoms with van der Waals surface area (Å²) in [5, 5.41) is 3.75. The van der Waals surface area contributed by atoms with Crippen LogP contribution in [0.1, 0.15) is 15.9 Å². The van der Waals surface area contributed by atoms with Crippen molar-refractivity contribution in [2.24, 2.45) is 5.10 Å². The molecule has 0 saturated heterocycles. The Labute approximate surface area is 109 Å². The lowest BCUT2D eigenvalue weighted by molar-refractivity contribution is 0.0956. The fourth-order valence-corrected chi connectivity index (χ4v) is 1.52. The molecule has 0 radical (unpaired) electrons. The van der Waals surface area contributed by atoms with Gasteiger partial charge in [0.25, 0.3) is 5.91 Å². The number of nitrogens with one attached hydrogen (secondary N) is 1. The second-order valence-electron chi connectivity index (χ2n) is 3.84. The number of halogens is 1. The number of hydrazone groups is 1. The molecule has 2 rings (SSSR count). The Morgan fingerprint density at radius 1 is 1.21 bits per heavy atom. The van der Waals surface area contributed by atoms with E-state index in [1.54, 1.807) is 36.4 Å². The van der Waals surface area contributed by atoms with Crippen molar-refractivity contribution in [1.82, 2.24) is 5.43 Å². The first kappa shape index (κ1) is 12.8. The summed E-state index contributed by atoms with van der Waals surface area (Å²) in [5.41, 5.74) is 9.28. The molecule has 0 bridgehead atoms. The molecule has 0 atom stereocenters. The Hall–Kier alpha value is -2.69. The highest BCUT2D eigenvalue weighted by Gasteiger charge is 2.06. The van der Waals surface area contributed by atoms with Crippen molar-refractivity contribution in [1.29, 1.82) is 0 Å². The van der Waals surface area contributed by atoms with Gasteiger partial charge in [0.2, 0.25) is 0 Å². The van der Waals surface area contributed by atoms with Crippen LogP contribution in [0.15, 0.2) is 53.6 Å². The first-order chi connectivity index (χ1) is 9.16. The van der Waals surface area contributed by atoms with Crippen molar-refractivity contribution < 1.29 is 9.18 Å². The second kappa shape index (κ2) is 5.77. The number of nitrogen functional groups attached to an aromatic ring is 1. The molecule has 5 heteroatoms. The molecular formula is C14H12FN3O. The maximum atomic E-state index is 12.9. The number of carbonyl (C=O) groups excluding carboxylic acids is 1. The number of benzene rings is 2. The van der Waals surface area contributed by atoms with Crippen molar-refractivity contribution in [3.63, 3.8) is 0 Å². The van der Waals surface area contributed by atoms with E-state index in [1.165, 1.54) is 18.3 Å². The molecule has 4 nitrogen and oxygen atoms in total. The van der Waals surface area contributed by atoms with E-state index in [2.05, 4.69) is 10.5 Å². The first-order valence-corrected chi connectivity index (χ1v) is 5.60. The second-order valence-corrected chi connectivity index (χ2v) is 3.84. The highest BCUT2D eigenvalue weighted by atomic mass is 19.1. The van der Waals surface area contributed by atoms with Gasteiger partial charge in [-0.25, -0.2) is 9.82 Å². The number of nitrogens with zero attached hydrogens (tertiary/aromatic N) is 1. The van der Waals surface area contributed by atoms with Gasteiger partial charge >= 0.3 is 0 Å². The molecule has 0 fully saturated rings. The van der Waals surface area contributed by atoms with Crippen LogP contribution in [-0.2, 0) is 0 Å². The molecule has 19 heavy (non-hydrogen) atoms. The summed E-state index contributed by atoms with van der Waals surface area (Å²) in [5.74, 6) is -0.770.